The Labute approximate surface area is 157 Å². The zero-order valence-electron chi connectivity index (χ0n) is 17.7. The summed E-state index contributed by atoms with van der Waals surface area (Å²) < 4.78 is 18.2. The molecule has 1 aromatic rings. The molecule has 1 aromatic carbocycles. The van der Waals surface area contributed by atoms with Crippen LogP contribution >= 0.6 is 0 Å². The van der Waals surface area contributed by atoms with Gasteiger partial charge in [0, 0.05) is 6.54 Å². The SMILES string of the molecule is COc1cc(C(CN[Si](C)(C)C)O[Si](C)(C)C)ccc1O[Si](C)(C)C. The van der Waals surface area contributed by atoms with Crippen LogP contribution in [0, 0.1) is 0 Å². The second kappa shape index (κ2) is 8.39. The van der Waals surface area contributed by atoms with Gasteiger partial charge in [0.1, 0.15) is 14.0 Å². The van der Waals surface area contributed by atoms with Gasteiger partial charge in [0.15, 0.2) is 14.1 Å². The lowest BCUT2D eigenvalue weighted by atomic mass is 10.1. The van der Waals surface area contributed by atoms with Gasteiger partial charge in [-0.3, -0.25) is 0 Å². The van der Waals surface area contributed by atoms with E-state index in [1.807, 2.05) is 6.07 Å². The molecule has 0 spiro atoms. The van der Waals surface area contributed by atoms with Crippen LogP contribution in [0.4, 0.5) is 0 Å². The van der Waals surface area contributed by atoms with Crippen LogP contribution in [0.5, 0.6) is 11.5 Å². The predicted molar refractivity (Wildman–Crippen MR) is 115 cm³/mol. The molecular formula is C18H37NO3Si3. The molecule has 144 valence electrons. The van der Waals surface area contributed by atoms with Crippen molar-refractivity contribution in [3.8, 4) is 11.5 Å². The smallest absolute Gasteiger partial charge is 0.242 e. The highest BCUT2D eigenvalue weighted by molar-refractivity contribution is 6.73. The highest BCUT2D eigenvalue weighted by atomic mass is 28.4. The van der Waals surface area contributed by atoms with E-state index in [4.69, 9.17) is 13.6 Å². The number of methoxy groups -OCH3 is 1. The minimum atomic E-state index is -1.68. The fourth-order valence-corrected chi connectivity index (χ4v) is 5.05. The van der Waals surface area contributed by atoms with Crippen molar-refractivity contribution >= 4 is 24.9 Å². The van der Waals surface area contributed by atoms with Gasteiger partial charge in [-0.25, -0.2) is 0 Å². The Morgan fingerprint density at radius 1 is 0.880 bits per heavy atom. The van der Waals surface area contributed by atoms with E-state index in [1.54, 1.807) is 7.11 Å². The molecular weight excluding hydrogens is 362 g/mol. The number of rotatable bonds is 9. The third-order valence-corrected chi connectivity index (χ3v) is 6.38. The molecule has 0 fully saturated rings. The van der Waals surface area contributed by atoms with Gasteiger partial charge in [0.2, 0.25) is 8.32 Å². The molecule has 7 heteroatoms. The summed E-state index contributed by atoms with van der Waals surface area (Å²) in [6.45, 7) is 21.0. The first-order chi connectivity index (χ1) is 11.2. The minimum absolute atomic E-state index is 0.0354. The van der Waals surface area contributed by atoms with Crippen LogP contribution in [0.2, 0.25) is 58.9 Å². The van der Waals surface area contributed by atoms with Crippen molar-refractivity contribution in [2.24, 2.45) is 0 Å². The first kappa shape index (κ1) is 22.4. The third kappa shape index (κ3) is 9.05. The van der Waals surface area contributed by atoms with Gasteiger partial charge < -0.3 is 18.6 Å². The van der Waals surface area contributed by atoms with Gasteiger partial charge >= 0.3 is 0 Å². The van der Waals surface area contributed by atoms with Crippen LogP contribution in [-0.2, 0) is 4.43 Å². The molecule has 0 amide bonds. The first-order valence-electron chi connectivity index (χ1n) is 9.00. The van der Waals surface area contributed by atoms with E-state index >= 15 is 0 Å². The van der Waals surface area contributed by atoms with E-state index in [2.05, 4.69) is 76.0 Å². The van der Waals surface area contributed by atoms with Crippen LogP contribution in [0.25, 0.3) is 0 Å². The average Bonchev–Trinajstić information content (AvgIpc) is 2.40. The van der Waals surface area contributed by atoms with E-state index in [0.29, 0.717) is 0 Å². The van der Waals surface area contributed by atoms with Gasteiger partial charge in [-0.05, 0) is 57.0 Å². The molecule has 1 atom stereocenters. The molecule has 0 aliphatic heterocycles. The van der Waals surface area contributed by atoms with Gasteiger partial charge in [-0.2, -0.15) is 0 Å². The molecule has 0 heterocycles. The van der Waals surface area contributed by atoms with Crippen LogP contribution in [-0.4, -0.2) is 38.5 Å². The van der Waals surface area contributed by atoms with Crippen LogP contribution < -0.4 is 14.1 Å². The van der Waals surface area contributed by atoms with E-state index in [9.17, 15) is 0 Å². The molecule has 1 rings (SSSR count). The van der Waals surface area contributed by atoms with Crippen LogP contribution in [0.3, 0.4) is 0 Å². The monoisotopic (exact) mass is 399 g/mol. The van der Waals surface area contributed by atoms with E-state index < -0.39 is 24.9 Å². The summed E-state index contributed by atoms with van der Waals surface area (Å²) in [4.78, 5) is 3.70. The van der Waals surface area contributed by atoms with Crippen molar-refractivity contribution in [3.63, 3.8) is 0 Å². The van der Waals surface area contributed by atoms with Crippen molar-refractivity contribution in [1.29, 1.82) is 0 Å². The Morgan fingerprint density at radius 3 is 1.92 bits per heavy atom. The predicted octanol–water partition coefficient (Wildman–Crippen LogP) is 5.23. The van der Waals surface area contributed by atoms with Crippen molar-refractivity contribution in [2.45, 2.75) is 65.0 Å². The summed E-state index contributed by atoms with van der Waals surface area (Å²) in [5.74, 6) is 1.62. The molecule has 0 radical (unpaired) electrons. The Hall–Kier alpha value is -0.609. The summed E-state index contributed by atoms with van der Waals surface area (Å²) >= 11 is 0. The Kier molecular flexibility index (Phi) is 7.53. The zero-order valence-corrected chi connectivity index (χ0v) is 20.7. The van der Waals surface area contributed by atoms with E-state index in [-0.39, 0.29) is 6.10 Å². The van der Waals surface area contributed by atoms with Crippen molar-refractivity contribution in [1.82, 2.24) is 4.98 Å². The normalized spacial score (nSPS) is 14.3. The summed E-state index contributed by atoms with van der Waals surface area (Å²) in [6, 6.07) is 6.22. The Morgan fingerprint density at radius 2 is 1.48 bits per heavy atom. The quantitative estimate of drug-likeness (QED) is 0.577. The Bertz CT molecular complexity index is 560. The number of hydrogen-bond acceptors (Lipinski definition) is 4. The van der Waals surface area contributed by atoms with Crippen molar-refractivity contribution in [3.05, 3.63) is 23.8 Å². The van der Waals surface area contributed by atoms with Gasteiger partial charge in [-0.15, -0.1) is 0 Å². The second-order valence-corrected chi connectivity index (χ2v) is 23.2. The molecule has 1 N–H and O–H groups in total. The first-order valence-corrected chi connectivity index (χ1v) is 19.3. The van der Waals surface area contributed by atoms with E-state index in [0.717, 1.165) is 23.6 Å². The third-order valence-electron chi connectivity index (χ3n) is 3.29. The van der Waals surface area contributed by atoms with E-state index in [1.165, 1.54) is 0 Å². The lowest BCUT2D eigenvalue weighted by molar-refractivity contribution is 0.200. The van der Waals surface area contributed by atoms with Crippen LogP contribution in [0.15, 0.2) is 18.2 Å². The molecule has 4 nitrogen and oxygen atoms in total. The molecule has 1 unspecified atom stereocenters. The summed E-state index contributed by atoms with van der Waals surface area (Å²) in [5.41, 5.74) is 1.15. The molecule has 0 aliphatic rings. The summed E-state index contributed by atoms with van der Waals surface area (Å²) in [7, 11) is -3.01. The highest BCUT2D eigenvalue weighted by Crippen LogP contribution is 2.34. The van der Waals surface area contributed by atoms with Crippen molar-refractivity contribution < 1.29 is 13.6 Å². The van der Waals surface area contributed by atoms with Gasteiger partial charge in [-0.1, -0.05) is 25.7 Å². The fraction of sp³-hybridized carbons (Fsp3) is 0.667. The standard InChI is InChI=1S/C18H37NO3Si3/c1-20-17-13-15(11-12-16(17)21-24(5,6)7)18(22-25(8,9)10)14-19-23(2,3)4/h11-13,18-19H,14H2,1-10H3. The minimum Gasteiger partial charge on any atom is -0.542 e. The molecule has 0 aromatic heterocycles. The molecule has 0 saturated heterocycles. The number of nitrogens with one attached hydrogen (secondary N) is 1. The topological polar surface area (TPSA) is 39.7 Å². The largest absolute Gasteiger partial charge is 0.542 e. The molecule has 25 heavy (non-hydrogen) atoms. The number of benzene rings is 1. The Balaban J connectivity index is 3.12. The maximum Gasteiger partial charge on any atom is 0.242 e. The van der Waals surface area contributed by atoms with Gasteiger partial charge in [0.05, 0.1) is 13.2 Å². The summed E-state index contributed by atoms with van der Waals surface area (Å²) in [6.07, 6.45) is 0.0354. The highest BCUT2D eigenvalue weighted by Gasteiger charge is 2.26. The molecule has 0 bridgehead atoms. The lowest BCUT2D eigenvalue weighted by Crippen LogP contribution is -2.45. The zero-order chi connectivity index (χ0) is 19.5. The fourth-order valence-electron chi connectivity index (χ4n) is 2.35. The van der Waals surface area contributed by atoms with Crippen molar-refractivity contribution in [2.75, 3.05) is 13.7 Å². The molecule has 0 saturated carbocycles. The van der Waals surface area contributed by atoms with Gasteiger partial charge in [0.25, 0.3) is 0 Å². The summed E-state index contributed by atoms with van der Waals surface area (Å²) in [5, 5.41) is 0. The lowest BCUT2D eigenvalue weighted by Gasteiger charge is -2.30. The number of ether oxygens (including phenoxy) is 1. The molecule has 0 aliphatic carbocycles. The van der Waals surface area contributed by atoms with Crippen LogP contribution in [0.1, 0.15) is 11.7 Å². The average molecular weight is 400 g/mol. The maximum absolute atomic E-state index is 6.47. The second-order valence-electron chi connectivity index (χ2n) is 9.47. The number of hydrogen-bond donors (Lipinski definition) is 1. The maximum atomic E-state index is 6.47.